The average Bonchev–Trinajstić information content (AvgIpc) is 1.93. The highest BCUT2D eigenvalue weighted by atomic mass is 16.4. The van der Waals surface area contributed by atoms with Crippen molar-refractivity contribution in [2.75, 3.05) is 6.54 Å². The molecule has 2 N–H and O–H groups in total. The van der Waals surface area contributed by atoms with Gasteiger partial charge in [0.2, 0.25) is 5.91 Å². The van der Waals surface area contributed by atoms with E-state index in [2.05, 4.69) is 5.32 Å². The van der Waals surface area contributed by atoms with Gasteiger partial charge in [0.15, 0.2) is 0 Å². The number of carbonyl (C=O) groups is 2. The summed E-state index contributed by atoms with van der Waals surface area (Å²) in [6, 6.07) is 0. The van der Waals surface area contributed by atoms with Crippen LogP contribution >= 0.6 is 0 Å². The van der Waals surface area contributed by atoms with E-state index >= 15 is 0 Å². The number of rotatable bonds is 2. The van der Waals surface area contributed by atoms with Crippen molar-refractivity contribution in [3.8, 4) is 0 Å². The molecule has 0 bridgehead atoms. The summed E-state index contributed by atoms with van der Waals surface area (Å²) < 4.78 is 0. The second kappa shape index (κ2) is 3.37. The first-order chi connectivity index (χ1) is 5.18. The molecule has 0 aliphatic carbocycles. The molecule has 1 heterocycles. The zero-order chi connectivity index (χ0) is 8.27. The zero-order valence-corrected chi connectivity index (χ0v) is 6.17. The standard InChI is InChI=1S/C7H11NO3/c9-6-2-1-5(4-8-6)3-7(10)11/h5H,1-4H2,(H,8,9)(H,10,11)/t5-/m1/s1. The van der Waals surface area contributed by atoms with E-state index in [1.807, 2.05) is 0 Å². The van der Waals surface area contributed by atoms with Gasteiger partial charge in [-0.15, -0.1) is 0 Å². The Labute approximate surface area is 64.6 Å². The Morgan fingerprint density at radius 3 is 2.91 bits per heavy atom. The predicted octanol–water partition coefficient (Wildman–Crippen LogP) is -0.0127. The number of carboxylic acids is 1. The molecule has 1 aliphatic rings. The van der Waals surface area contributed by atoms with Gasteiger partial charge in [0.1, 0.15) is 0 Å². The smallest absolute Gasteiger partial charge is 0.303 e. The third-order valence-corrected chi connectivity index (χ3v) is 1.83. The first kappa shape index (κ1) is 8.04. The van der Waals surface area contributed by atoms with Crippen molar-refractivity contribution in [2.24, 2.45) is 5.92 Å². The molecule has 0 aromatic carbocycles. The lowest BCUT2D eigenvalue weighted by atomic mass is 9.96. The Balaban J connectivity index is 2.28. The fourth-order valence-corrected chi connectivity index (χ4v) is 1.21. The second-order valence-electron chi connectivity index (χ2n) is 2.81. The van der Waals surface area contributed by atoms with Gasteiger partial charge in [-0.25, -0.2) is 0 Å². The third kappa shape index (κ3) is 2.57. The van der Waals surface area contributed by atoms with Crippen molar-refractivity contribution in [3.63, 3.8) is 0 Å². The van der Waals surface area contributed by atoms with Gasteiger partial charge in [0.25, 0.3) is 0 Å². The number of hydrogen-bond donors (Lipinski definition) is 2. The fourth-order valence-electron chi connectivity index (χ4n) is 1.21. The Kier molecular flexibility index (Phi) is 2.46. The van der Waals surface area contributed by atoms with Crippen LogP contribution in [0.15, 0.2) is 0 Å². The normalized spacial score (nSPS) is 24.4. The molecule has 11 heavy (non-hydrogen) atoms. The van der Waals surface area contributed by atoms with Gasteiger partial charge in [0.05, 0.1) is 0 Å². The van der Waals surface area contributed by atoms with Gasteiger partial charge < -0.3 is 10.4 Å². The van der Waals surface area contributed by atoms with E-state index < -0.39 is 5.97 Å². The minimum Gasteiger partial charge on any atom is -0.481 e. The van der Waals surface area contributed by atoms with E-state index in [0.29, 0.717) is 19.4 Å². The number of carbonyl (C=O) groups excluding carboxylic acids is 1. The number of piperidine rings is 1. The molecule has 4 nitrogen and oxygen atoms in total. The number of nitrogens with one attached hydrogen (secondary N) is 1. The molecule has 0 spiro atoms. The monoisotopic (exact) mass is 157 g/mol. The summed E-state index contributed by atoms with van der Waals surface area (Å²) in [6.45, 7) is 0.519. The van der Waals surface area contributed by atoms with Crippen LogP contribution < -0.4 is 5.32 Å². The lowest BCUT2D eigenvalue weighted by Crippen LogP contribution is -2.35. The van der Waals surface area contributed by atoms with Gasteiger partial charge in [-0.05, 0) is 12.3 Å². The number of amides is 1. The van der Waals surface area contributed by atoms with Crippen LogP contribution in [0.5, 0.6) is 0 Å². The molecule has 4 heteroatoms. The molecule has 1 rings (SSSR count). The Morgan fingerprint density at radius 2 is 2.45 bits per heavy atom. The van der Waals surface area contributed by atoms with Gasteiger partial charge >= 0.3 is 5.97 Å². The van der Waals surface area contributed by atoms with Crippen molar-refractivity contribution < 1.29 is 14.7 Å². The lowest BCUT2D eigenvalue weighted by Gasteiger charge is -2.20. The van der Waals surface area contributed by atoms with Crippen LogP contribution in [-0.2, 0) is 9.59 Å². The molecule has 0 aromatic heterocycles. The largest absolute Gasteiger partial charge is 0.481 e. The topological polar surface area (TPSA) is 66.4 Å². The molecular weight excluding hydrogens is 146 g/mol. The molecular formula is C7H11NO3. The molecule has 1 amide bonds. The zero-order valence-electron chi connectivity index (χ0n) is 6.17. The van der Waals surface area contributed by atoms with E-state index in [-0.39, 0.29) is 18.2 Å². The second-order valence-corrected chi connectivity index (χ2v) is 2.81. The van der Waals surface area contributed by atoms with Crippen molar-refractivity contribution in [3.05, 3.63) is 0 Å². The minimum atomic E-state index is -0.786. The number of hydrogen-bond acceptors (Lipinski definition) is 2. The summed E-state index contributed by atoms with van der Waals surface area (Å²) in [4.78, 5) is 20.9. The number of carboxylic acid groups (broad SMARTS) is 1. The maximum atomic E-state index is 10.6. The molecule has 0 unspecified atom stereocenters. The maximum Gasteiger partial charge on any atom is 0.303 e. The van der Waals surface area contributed by atoms with E-state index in [0.717, 1.165) is 0 Å². The molecule has 0 aromatic rings. The maximum absolute atomic E-state index is 10.6. The summed E-state index contributed by atoms with van der Waals surface area (Å²) in [6.07, 6.45) is 1.34. The summed E-state index contributed by atoms with van der Waals surface area (Å²) in [5, 5.41) is 11.1. The van der Waals surface area contributed by atoms with Crippen molar-refractivity contribution >= 4 is 11.9 Å². The van der Waals surface area contributed by atoms with E-state index in [1.54, 1.807) is 0 Å². The van der Waals surface area contributed by atoms with E-state index in [4.69, 9.17) is 5.11 Å². The summed E-state index contributed by atoms with van der Waals surface area (Å²) in [5.74, 6) is -0.622. The molecule has 1 fully saturated rings. The van der Waals surface area contributed by atoms with Crippen molar-refractivity contribution in [1.82, 2.24) is 5.32 Å². The summed E-state index contributed by atoms with van der Waals surface area (Å²) >= 11 is 0. The fraction of sp³-hybridized carbons (Fsp3) is 0.714. The Hall–Kier alpha value is -1.06. The molecule has 1 atom stereocenters. The van der Waals surface area contributed by atoms with Gasteiger partial charge in [-0.2, -0.15) is 0 Å². The van der Waals surface area contributed by atoms with Crippen LogP contribution in [-0.4, -0.2) is 23.5 Å². The Morgan fingerprint density at radius 1 is 1.73 bits per heavy atom. The lowest BCUT2D eigenvalue weighted by molar-refractivity contribution is -0.139. The third-order valence-electron chi connectivity index (χ3n) is 1.83. The first-order valence-corrected chi connectivity index (χ1v) is 3.67. The molecule has 62 valence electrons. The highest BCUT2D eigenvalue weighted by Crippen LogP contribution is 2.13. The number of aliphatic carboxylic acids is 1. The van der Waals surface area contributed by atoms with Crippen LogP contribution in [0.1, 0.15) is 19.3 Å². The van der Waals surface area contributed by atoms with Crippen molar-refractivity contribution in [1.29, 1.82) is 0 Å². The van der Waals surface area contributed by atoms with Crippen LogP contribution in [0, 0.1) is 5.92 Å². The first-order valence-electron chi connectivity index (χ1n) is 3.67. The van der Waals surface area contributed by atoms with Gasteiger partial charge in [-0.3, -0.25) is 9.59 Å². The molecule has 1 aliphatic heterocycles. The van der Waals surface area contributed by atoms with Crippen LogP contribution in [0.25, 0.3) is 0 Å². The van der Waals surface area contributed by atoms with E-state index in [9.17, 15) is 9.59 Å². The average molecular weight is 157 g/mol. The van der Waals surface area contributed by atoms with Crippen molar-refractivity contribution in [2.45, 2.75) is 19.3 Å². The Bertz CT molecular complexity index is 169. The highest BCUT2D eigenvalue weighted by molar-refractivity contribution is 5.77. The highest BCUT2D eigenvalue weighted by Gasteiger charge is 2.19. The molecule has 0 radical (unpaired) electrons. The van der Waals surface area contributed by atoms with Gasteiger partial charge in [0, 0.05) is 19.4 Å². The quantitative estimate of drug-likeness (QED) is 0.592. The van der Waals surface area contributed by atoms with Crippen LogP contribution in [0.2, 0.25) is 0 Å². The minimum absolute atomic E-state index is 0.0339. The van der Waals surface area contributed by atoms with E-state index in [1.165, 1.54) is 0 Å². The summed E-state index contributed by atoms with van der Waals surface area (Å²) in [5.41, 5.74) is 0. The SMILES string of the molecule is O=C(O)C[C@H]1CCC(=O)NC1. The van der Waals surface area contributed by atoms with Gasteiger partial charge in [-0.1, -0.05) is 0 Å². The summed E-state index contributed by atoms with van der Waals surface area (Å²) in [7, 11) is 0. The van der Waals surface area contributed by atoms with Crippen LogP contribution in [0.3, 0.4) is 0 Å². The predicted molar refractivity (Wildman–Crippen MR) is 38.0 cm³/mol. The van der Waals surface area contributed by atoms with Crippen LogP contribution in [0.4, 0.5) is 0 Å². The molecule has 1 saturated heterocycles. The molecule has 0 saturated carbocycles.